The van der Waals surface area contributed by atoms with Gasteiger partial charge < -0.3 is 5.11 Å². The van der Waals surface area contributed by atoms with Crippen LogP contribution in [0.15, 0.2) is 22.7 Å². The summed E-state index contributed by atoms with van der Waals surface area (Å²) < 4.78 is 13.4. The Balaban J connectivity index is 2.55. The molecule has 0 aliphatic heterocycles. The summed E-state index contributed by atoms with van der Waals surface area (Å²) in [5.41, 5.74) is 1.06. The monoisotopic (exact) mass is 278 g/mol. The van der Waals surface area contributed by atoms with Gasteiger partial charge in [0, 0.05) is 11.0 Å². The third-order valence-corrected chi connectivity index (χ3v) is 3.60. The van der Waals surface area contributed by atoms with Crippen LogP contribution in [0, 0.1) is 5.82 Å². The third kappa shape index (κ3) is 3.59. The van der Waals surface area contributed by atoms with Crippen LogP contribution in [-0.4, -0.2) is 17.0 Å². The van der Waals surface area contributed by atoms with Crippen LogP contribution in [0.5, 0.6) is 0 Å². The zero-order chi connectivity index (χ0) is 10.6. The van der Waals surface area contributed by atoms with Gasteiger partial charge >= 0.3 is 0 Å². The minimum atomic E-state index is -0.242. The summed E-state index contributed by atoms with van der Waals surface area (Å²) >= 11 is 4.79. The molecule has 0 saturated carbocycles. The Bertz CT molecular complexity index is 306. The standard InChI is InChI=1S/C10H12BrFOS/c1-7(5-13)14-6-8-2-3-10(12)9(11)4-8/h2-4,7,13H,5-6H2,1H3. The summed E-state index contributed by atoms with van der Waals surface area (Å²) in [5, 5.41) is 9.04. The summed E-state index contributed by atoms with van der Waals surface area (Å²) in [6, 6.07) is 4.98. The lowest BCUT2D eigenvalue weighted by Gasteiger charge is -2.07. The first kappa shape index (κ1) is 12.0. The van der Waals surface area contributed by atoms with E-state index in [2.05, 4.69) is 15.9 Å². The first-order valence-electron chi connectivity index (χ1n) is 4.30. The van der Waals surface area contributed by atoms with Crippen molar-refractivity contribution in [2.45, 2.75) is 17.9 Å². The van der Waals surface area contributed by atoms with Crippen LogP contribution in [0.3, 0.4) is 0 Å². The fraction of sp³-hybridized carbons (Fsp3) is 0.400. The van der Waals surface area contributed by atoms with Gasteiger partial charge in [0.15, 0.2) is 0 Å². The minimum absolute atomic E-state index is 0.174. The predicted molar refractivity (Wildman–Crippen MR) is 61.9 cm³/mol. The maximum absolute atomic E-state index is 12.9. The Hall–Kier alpha value is -0.0600. The first-order chi connectivity index (χ1) is 6.63. The number of halogens is 2. The van der Waals surface area contributed by atoms with Gasteiger partial charge in [-0.2, -0.15) is 11.8 Å². The Morgan fingerprint density at radius 1 is 1.57 bits per heavy atom. The molecule has 14 heavy (non-hydrogen) atoms. The number of benzene rings is 1. The van der Waals surface area contributed by atoms with E-state index < -0.39 is 0 Å². The van der Waals surface area contributed by atoms with Gasteiger partial charge in [0.2, 0.25) is 0 Å². The average Bonchev–Trinajstić information content (AvgIpc) is 2.19. The summed E-state index contributed by atoms with van der Waals surface area (Å²) in [5.74, 6) is 0.551. The van der Waals surface area contributed by atoms with E-state index in [9.17, 15) is 4.39 Å². The molecule has 1 nitrogen and oxygen atoms in total. The van der Waals surface area contributed by atoms with E-state index in [1.807, 2.05) is 6.92 Å². The molecule has 0 aliphatic rings. The molecule has 0 aliphatic carbocycles. The van der Waals surface area contributed by atoms with Crippen molar-refractivity contribution >= 4 is 27.7 Å². The third-order valence-electron chi connectivity index (χ3n) is 1.78. The number of aliphatic hydroxyl groups excluding tert-OH is 1. The van der Waals surface area contributed by atoms with Crippen molar-refractivity contribution in [2.24, 2.45) is 0 Å². The minimum Gasteiger partial charge on any atom is -0.395 e. The van der Waals surface area contributed by atoms with Crippen LogP contribution >= 0.6 is 27.7 Å². The lowest BCUT2D eigenvalue weighted by atomic mass is 10.2. The molecule has 4 heteroatoms. The van der Waals surface area contributed by atoms with E-state index in [1.54, 1.807) is 23.9 Å². The molecule has 0 amide bonds. The van der Waals surface area contributed by atoms with Crippen molar-refractivity contribution in [3.8, 4) is 0 Å². The number of rotatable bonds is 4. The molecule has 0 bridgehead atoms. The fourth-order valence-corrected chi connectivity index (χ4v) is 2.11. The molecule has 0 spiro atoms. The first-order valence-corrected chi connectivity index (χ1v) is 6.14. The van der Waals surface area contributed by atoms with Gasteiger partial charge in [-0.05, 0) is 33.6 Å². The summed E-state index contributed by atoms with van der Waals surface area (Å²) in [4.78, 5) is 0. The van der Waals surface area contributed by atoms with Crippen molar-refractivity contribution in [3.63, 3.8) is 0 Å². The Kier molecular flexibility index (Phi) is 4.92. The van der Waals surface area contributed by atoms with Crippen LogP contribution in [0.1, 0.15) is 12.5 Å². The average molecular weight is 279 g/mol. The smallest absolute Gasteiger partial charge is 0.137 e. The molecule has 1 unspecified atom stereocenters. The SMILES string of the molecule is CC(CO)SCc1ccc(F)c(Br)c1. The van der Waals surface area contributed by atoms with Crippen LogP contribution in [-0.2, 0) is 5.75 Å². The van der Waals surface area contributed by atoms with Gasteiger partial charge in [0.1, 0.15) is 5.82 Å². The number of aliphatic hydroxyl groups is 1. The molecule has 1 aromatic rings. The van der Waals surface area contributed by atoms with E-state index in [4.69, 9.17) is 5.11 Å². The highest BCUT2D eigenvalue weighted by Gasteiger charge is 2.03. The molecule has 1 atom stereocenters. The lowest BCUT2D eigenvalue weighted by Crippen LogP contribution is -2.02. The molecule has 0 radical (unpaired) electrons. The van der Waals surface area contributed by atoms with Gasteiger partial charge in [-0.25, -0.2) is 4.39 Å². The van der Waals surface area contributed by atoms with Gasteiger partial charge in [-0.15, -0.1) is 0 Å². The van der Waals surface area contributed by atoms with E-state index in [-0.39, 0.29) is 17.7 Å². The zero-order valence-corrected chi connectivity index (χ0v) is 10.2. The van der Waals surface area contributed by atoms with Crippen molar-refractivity contribution in [2.75, 3.05) is 6.61 Å². The Morgan fingerprint density at radius 3 is 2.86 bits per heavy atom. The van der Waals surface area contributed by atoms with Crippen molar-refractivity contribution in [1.82, 2.24) is 0 Å². The maximum atomic E-state index is 12.9. The molecule has 0 fully saturated rings. The summed E-state index contributed by atoms with van der Waals surface area (Å²) in [6.45, 7) is 2.14. The summed E-state index contributed by atoms with van der Waals surface area (Å²) in [6.07, 6.45) is 0. The zero-order valence-electron chi connectivity index (χ0n) is 7.84. The second kappa shape index (κ2) is 5.73. The largest absolute Gasteiger partial charge is 0.395 e. The second-order valence-electron chi connectivity index (χ2n) is 3.05. The topological polar surface area (TPSA) is 20.2 Å². The highest BCUT2D eigenvalue weighted by Crippen LogP contribution is 2.22. The van der Waals surface area contributed by atoms with Crippen molar-refractivity contribution in [1.29, 1.82) is 0 Å². The van der Waals surface area contributed by atoms with Crippen LogP contribution in [0.25, 0.3) is 0 Å². The molecular formula is C10H12BrFOS. The van der Waals surface area contributed by atoms with E-state index in [1.165, 1.54) is 6.07 Å². The van der Waals surface area contributed by atoms with E-state index in [0.29, 0.717) is 4.47 Å². The predicted octanol–water partition coefficient (Wildman–Crippen LogP) is 3.20. The molecule has 1 aromatic carbocycles. The maximum Gasteiger partial charge on any atom is 0.137 e. The number of hydrogen-bond acceptors (Lipinski definition) is 2. The number of hydrogen-bond donors (Lipinski definition) is 1. The van der Waals surface area contributed by atoms with E-state index >= 15 is 0 Å². The summed E-state index contributed by atoms with van der Waals surface area (Å²) in [7, 11) is 0. The second-order valence-corrected chi connectivity index (χ2v) is 5.33. The number of thioether (sulfide) groups is 1. The van der Waals surface area contributed by atoms with Crippen LogP contribution in [0.4, 0.5) is 4.39 Å². The molecule has 1 rings (SSSR count). The Morgan fingerprint density at radius 2 is 2.29 bits per heavy atom. The van der Waals surface area contributed by atoms with Crippen molar-refractivity contribution in [3.05, 3.63) is 34.1 Å². The Labute approximate surface area is 95.8 Å². The van der Waals surface area contributed by atoms with Gasteiger partial charge in [-0.3, -0.25) is 0 Å². The van der Waals surface area contributed by atoms with Crippen LogP contribution < -0.4 is 0 Å². The molecule has 0 aromatic heterocycles. The molecule has 0 heterocycles. The van der Waals surface area contributed by atoms with E-state index in [0.717, 1.165) is 11.3 Å². The fourth-order valence-electron chi connectivity index (χ4n) is 0.921. The highest BCUT2D eigenvalue weighted by atomic mass is 79.9. The van der Waals surface area contributed by atoms with Gasteiger partial charge in [-0.1, -0.05) is 13.0 Å². The van der Waals surface area contributed by atoms with Gasteiger partial charge in [0.25, 0.3) is 0 Å². The molecular weight excluding hydrogens is 267 g/mol. The quantitative estimate of drug-likeness (QED) is 0.913. The molecule has 1 N–H and O–H groups in total. The lowest BCUT2D eigenvalue weighted by molar-refractivity contribution is 0.300. The molecule has 78 valence electrons. The normalized spacial score (nSPS) is 12.9. The van der Waals surface area contributed by atoms with Crippen molar-refractivity contribution < 1.29 is 9.50 Å². The molecule has 0 saturated heterocycles. The van der Waals surface area contributed by atoms with Crippen LogP contribution in [0.2, 0.25) is 0 Å². The highest BCUT2D eigenvalue weighted by molar-refractivity contribution is 9.10. The van der Waals surface area contributed by atoms with Gasteiger partial charge in [0.05, 0.1) is 11.1 Å².